The molecule has 0 spiro atoms. The van der Waals surface area contributed by atoms with E-state index in [-0.39, 0.29) is 5.54 Å². The van der Waals surface area contributed by atoms with Crippen molar-refractivity contribution in [1.29, 1.82) is 5.26 Å². The van der Waals surface area contributed by atoms with Crippen molar-refractivity contribution in [2.45, 2.75) is 62.6 Å². The van der Waals surface area contributed by atoms with Gasteiger partial charge < -0.3 is 4.90 Å². The van der Waals surface area contributed by atoms with Crippen LogP contribution in [0.25, 0.3) is 0 Å². The van der Waals surface area contributed by atoms with Crippen molar-refractivity contribution in [3.05, 3.63) is 0 Å². The van der Waals surface area contributed by atoms with E-state index in [1.807, 2.05) is 0 Å². The summed E-state index contributed by atoms with van der Waals surface area (Å²) in [5.74, 6) is 0.607. The van der Waals surface area contributed by atoms with E-state index in [0.29, 0.717) is 12.0 Å². The van der Waals surface area contributed by atoms with Crippen LogP contribution < -0.4 is 5.32 Å². The molecule has 1 unspecified atom stereocenters. The molecule has 0 aromatic carbocycles. The lowest BCUT2D eigenvalue weighted by Gasteiger charge is -2.40. The Labute approximate surface area is 104 Å². The van der Waals surface area contributed by atoms with E-state index in [9.17, 15) is 5.26 Å². The van der Waals surface area contributed by atoms with Gasteiger partial charge in [-0.3, -0.25) is 5.32 Å². The molecule has 0 heterocycles. The zero-order valence-corrected chi connectivity index (χ0v) is 10.8. The second-order valence-electron chi connectivity index (χ2n) is 6.28. The molecule has 1 N–H and O–H groups in total. The van der Waals surface area contributed by atoms with Crippen LogP contribution in [0, 0.1) is 17.2 Å². The molecule has 3 heteroatoms. The summed E-state index contributed by atoms with van der Waals surface area (Å²) in [6.07, 6.45) is 9.04. The first-order valence-electron chi connectivity index (χ1n) is 7.13. The van der Waals surface area contributed by atoms with Crippen molar-refractivity contribution in [2.24, 2.45) is 5.92 Å². The van der Waals surface area contributed by atoms with Gasteiger partial charge in [-0.25, -0.2) is 0 Å². The van der Waals surface area contributed by atoms with Crippen LogP contribution in [0.5, 0.6) is 0 Å². The molecule has 17 heavy (non-hydrogen) atoms. The van der Waals surface area contributed by atoms with E-state index in [2.05, 4.69) is 23.3 Å². The molecule has 3 fully saturated rings. The van der Waals surface area contributed by atoms with E-state index < -0.39 is 0 Å². The zero-order chi connectivity index (χ0) is 11.9. The van der Waals surface area contributed by atoms with Gasteiger partial charge in [0.15, 0.2) is 0 Å². The Balaban J connectivity index is 1.66. The predicted molar refractivity (Wildman–Crippen MR) is 67.5 cm³/mol. The Hall–Kier alpha value is -0.590. The third kappa shape index (κ3) is 2.34. The van der Waals surface area contributed by atoms with Crippen LogP contribution in [0.4, 0.5) is 0 Å². The van der Waals surface area contributed by atoms with Crippen LogP contribution in [0.3, 0.4) is 0 Å². The molecular weight excluding hydrogens is 210 g/mol. The van der Waals surface area contributed by atoms with E-state index >= 15 is 0 Å². The van der Waals surface area contributed by atoms with Gasteiger partial charge in [0.2, 0.25) is 0 Å². The molecule has 0 aromatic rings. The number of likely N-dealkylation sites (N-methyl/N-ethyl adjacent to an activating group) is 1. The summed E-state index contributed by atoms with van der Waals surface area (Å²) in [5.41, 5.74) is -0.245. The highest BCUT2D eigenvalue weighted by Gasteiger charge is 2.49. The minimum atomic E-state index is -0.245. The van der Waals surface area contributed by atoms with Crippen LogP contribution in [-0.4, -0.2) is 36.1 Å². The van der Waals surface area contributed by atoms with Gasteiger partial charge >= 0.3 is 0 Å². The number of nitrogens with zero attached hydrogens (tertiary/aromatic N) is 2. The lowest BCUT2D eigenvalue weighted by Crippen LogP contribution is -2.57. The normalized spacial score (nSPS) is 28.5. The zero-order valence-electron chi connectivity index (χ0n) is 10.8. The number of nitriles is 1. The Morgan fingerprint density at radius 1 is 1.24 bits per heavy atom. The molecule has 1 atom stereocenters. The van der Waals surface area contributed by atoms with E-state index in [1.54, 1.807) is 0 Å². The maximum Gasteiger partial charge on any atom is 0.122 e. The van der Waals surface area contributed by atoms with Crippen LogP contribution in [0.15, 0.2) is 0 Å². The Kier molecular flexibility index (Phi) is 2.88. The first kappa shape index (κ1) is 11.5. The highest BCUT2D eigenvalue weighted by molar-refractivity contribution is 5.18. The van der Waals surface area contributed by atoms with Crippen molar-refractivity contribution >= 4 is 0 Å². The van der Waals surface area contributed by atoms with Crippen molar-refractivity contribution in [2.75, 3.05) is 13.6 Å². The van der Waals surface area contributed by atoms with Gasteiger partial charge in [-0.05, 0) is 51.5 Å². The molecule has 3 saturated carbocycles. The SMILES string of the molecule is CN(CC(C#N)(NC1CC1)C1CC1)C1CCC1. The van der Waals surface area contributed by atoms with E-state index in [0.717, 1.165) is 12.6 Å². The average molecular weight is 233 g/mol. The summed E-state index contributed by atoms with van der Waals surface area (Å²) < 4.78 is 0. The molecule has 3 rings (SSSR count). The third-order valence-corrected chi connectivity index (χ3v) is 4.71. The fourth-order valence-corrected chi connectivity index (χ4v) is 2.97. The molecular formula is C14H23N3. The molecule has 0 radical (unpaired) electrons. The Morgan fingerprint density at radius 3 is 2.35 bits per heavy atom. The van der Waals surface area contributed by atoms with Gasteiger partial charge in [0.1, 0.15) is 5.54 Å². The van der Waals surface area contributed by atoms with Gasteiger partial charge in [-0.2, -0.15) is 5.26 Å². The summed E-state index contributed by atoms with van der Waals surface area (Å²) in [5, 5.41) is 13.3. The summed E-state index contributed by atoms with van der Waals surface area (Å²) in [7, 11) is 2.20. The molecule has 0 saturated heterocycles. The van der Waals surface area contributed by atoms with Gasteiger partial charge in [0.25, 0.3) is 0 Å². The number of rotatable bonds is 6. The molecule has 94 valence electrons. The maximum absolute atomic E-state index is 9.65. The third-order valence-electron chi connectivity index (χ3n) is 4.71. The fraction of sp³-hybridized carbons (Fsp3) is 0.929. The van der Waals surface area contributed by atoms with Gasteiger partial charge in [-0.15, -0.1) is 0 Å². The minimum absolute atomic E-state index is 0.245. The Bertz CT molecular complexity index is 323. The average Bonchev–Trinajstić information content (AvgIpc) is 3.07. The lowest BCUT2D eigenvalue weighted by atomic mass is 9.88. The lowest BCUT2D eigenvalue weighted by molar-refractivity contribution is 0.122. The van der Waals surface area contributed by atoms with Crippen LogP contribution in [-0.2, 0) is 0 Å². The first-order valence-corrected chi connectivity index (χ1v) is 7.13. The number of hydrogen-bond acceptors (Lipinski definition) is 3. The Morgan fingerprint density at radius 2 is 1.94 bits per heavy atom. The summed E-state index contributed by atoms with van der Waals surface area (Å²) >= 11 is 0. The topological polar surface area (TPSA) is 39.1 Å². The van der Waals surface area contributed by atoms with Crippen LogP contribution in [0.2, 0.25) is 0 Å². The minimum Gasteiger partial charge on any atom is -0.301 e. The number of hydrogen-bond donors (Lipinski definition) is 1. The maximum atomic E-state index is 9.65. The van der Waals surface area contributed by atoms with E-state index in [1.165, 1.54) is 44.9 Å². The molecule has 0 bridgehead atoms. The summed E-state index contributed by atoms with van der Waals surface area (Å²) in [6.45, 7) is 0.926. The molecule has 0 aliphatic heterocycles. The van der Waals surface area contributed by atoms with E-state index in [4.69, 9.17) is 0 Å². The fourth-order valence-electron chi connectivity index (χ4n) is 2.97. The second-order valence-corrected chi connectivity index (χ2v) is 6.28. The molecule has 0 amide bonds. The van der Waals surface area contributed by atoms with Gasteiger partial charge in [0, 0.05) is 18.6 Å². The van der Waals surface area contributed by atoms with Crippen molar-refractivity contribution in [1.82, 2.24) is 10.2 Å². The summed E-state index contributed by atoms with van der Waals surface area (Å²) in [6, 6.07) is 4.00. The smallest absolute Gasteiger partial charge is 0.122 e. The predicted octanol–water partition coefficient (Wildman–Crippen LogP) is 1.90. The monoisotopic (exact) mass is 233 g/mol. The molecule has 3 aliphatic rings. The molecule has 3 nitrogen and oxygen atoms in total. The first-order chi connectivity index (χ1) is 8.23. The standard InChI is InChI=1S/C14H23N3/c1-17(13-3-2-4-13)10-14(9-15,11-5-6-11)16-12-7-8-12/h11-13,16H,2-8,10H2,1H3. The molecule has 0 aromatic heterocycles. The van der Waals surface area contributed by atoms with Crippen LogP contribution >= 0.6 is 0 Å². The van der Waals surface area contributed by atoms with Gasteiger partial charge in [-0.1, -0.05) is 6.42 Å². The largest absolute Gasteiger partial charge is 0.301 e. The highest BCUT2D eigenvalue weighted by atomic mass is 15.2. The number of nitrogens with one attached hydrogen (secondary N) is 1. The van der Waals surface area contributed by atoms with Crippen molar-refractivity contribution in [3.8, 4) is 6.07 Å². The van der Waals surface area contributed by atoms with Crippen molar-refractivity contribution in [3.63, 3.8) is 0 Å². The molecule has 3 aliphatic carbocycles. The van der Waals surface area contributed by atoms with Crippen LogP contribution in [0.1, 0.15) is 44.9 Å². The van der Waals surface area contributed by atoms with Gasteiger partial charge in [0.05, 0.1) is 6.07 Å². The summed E-state index contributed by atoms with van der Waals surface area (Å²) in [4.78, 5) is 2.43. The quantitative estimate of drug-likeness (QED) is 0.761. The second kappa shape index (κ2) is 4.26. The van der Waals surface area contributed by atoms with Crippen molar-refractivity contribution < 1.29 is 0 Å². The highest BCUT2D eigenvalue weighted by Crippen LogP contribution is 2.42.